The van der Waals surface area contributed by atoms with Crippen molar-refractivity contribution in [2.75, 3.05) is 6.54 Å². The van der Waals surface area contributed by atoms with Crippen LogP contribution in [0.3, 0.4) is 0 Å². The lowest BCUT2D eigenvalue weighted by Gasteiger charge is -2.24. The third kappa shape index (κ3) is 3.09. The second kappa shape index (κ2) is 7.62. The summed E-state index contributed by atoms with van der Waals surface area (Å²) < 4.78 is 1.72. The van der Waals surface area contributed by atoms with Gasteiger partial charge in [0.1, 0.15) is 24.2 Å². The summed E-state index contributed by atoms with van der Waals surface area (Å²) in [6.07, 6.45) is 2.71. The van der Waals surface area contributed by atoms with Crippen LogP contribution < -0.4 is 10.0 Å². The van der Waals surface area contributed by atoms with E-state index in [0.29, 0.717) is 16.8 Å². The van der Waals surface area contributed by atoms with Crippen molar-refractivity contribution in [1.29, 1.82) is 0 Å². The van der Waals surface area contributed by atoms with Crippen LogP contribution in [-0.4, -0.2) is 26.1 Å². The summed E-state index contributed by atoms with van der Waals surface area (Å²) in [5.41, 5.74) is 4.03. The summed E-state index contributed by atoms with van der Waals surface area (Å²) >= 11 is 1.76. The first-order valence-electron chi connectivity index (χ1n) is 11.5. The van der Waals surface area contributed by atoms with Gasteiger partial charge >= 0.3 is 0 Å². The number of rotatable bonds is 3. The van der Waals surface area contributed by atoms with Gasteiger partial charge in [0.25, 0.3) is 0 Å². The largest absolute Gasteiger partial charge is 0.872 e. The third-order valence-electron chi connectivity index (χ3n) is 6.77. The fourth-order valence-corrected chi connectivity index (χ4v) is 6.35. The summed E-state index contributed by atoms with van der Waals surface area (Å²) in [6.45, 7) is 3.10. The van der Waals surface area contributed by atoms with Gasteiger partial charge in [-0.05, 0) is 16.3 Å². The van der Waals surface area contributed by atoms with Gasteiger partial charge in [0.15, 0.2) is 11.5 Å². The van der Waals surface area contributed by atoms with Crippen molar-refractivity contribution >= 4 is 38.0 Å². The molecule has 7 heteroatoms. The van der Waals surface area contributed by atoms with E-state index in [1.807, 2.05) is 36.4 Å². The maximum atomic E-state index is 13.1. The van der Waals surface area contributed by atoms with Crippen molar-refractivity contribution in [2.45, 2.75) is 19.5 Å². The summed E-state index contributed by atoms with van der Waals surface area (Å²) in [4.78, 5) is 13.5. The lowest BCUT2D eigenvalue weighted by Crippen LogP contribution is -3.10. The van der Waals surface area contributed by atoms with Crippen LogP contribution in [0.25, 0.3) is 38.0 Å². The van der Waals surface area contributed by atoms with Crippen LogP contribution in [0.15, 0.2) is 73.1 Å². The van der Waals surface area contributed by atoms with E-state index in [1.165, 1.54) is 16.0 Å². The molecule has 166 valence electrons. The highest BCUT2D eigenvalue weighted by atomic mass is 32.1. The molecule has 3 aromatic carbocycles. The van der Waals surface area contributed by atoms with Gasteiger partial charge in [-0.1, -0.05) is 72.5 Å². The number of nitrogens with zero attached hydrogens (tertiary/aromatic N) is 4. The highest BCUT2D eigenvalue weighted by molar-refractivity contribution is 7.19. The predicted molar refractivity (Wildman–Crippen MR) is 132 cm³/mol. The average molecular weight is 464 g/mol. The Kier molecular flexibility index (Phi) is 4.40. The highest BCUT2D eigenvalue weighted by Crippen LogP contribution is 2.36. The second-order valence-corrected chi connectivity index (χ2v) is 9.97. The molecule has 3 aromatic heterocycles. The molecule has 1 N–H and O–H groups in total. The Morgan fingerprint density at radius 1 is 1.00 bits per heavy atom. The van der Waals surface area contributed by atoms with Gasteiger partial charge < -0.3 is 10.0 Å². The predicted octanol–water partition coefficient (Wildman–Crippen LogP) is 3.37. The summed E-state index contributed by atoms with van der Waals surface area (Å²) in [5, 5.41) is 20.5. The van der Waals surface area contributed by atoms with Crippen molar-refractivity contribution < 1.29 is 10.0 Å². The van der Waals surface area contributed by atoms with Crippen molar-refractivity contribution in [3.63, 3.8) is 0 Å². The molecular formula is C27H21N5OS. The number of hydrogen-bond acceptors (Lipinski definition) is 5. The zero-order valence-electron chi connectivity index (χ0n) is 18.4. The molecule has 6 nitrogen and oxygen atoms in total. The Morgan fingerprint density at radius 2 is 1.85 bits per heavy atom. The molecular weight excluding hydrogens is 442 g/mol. The van der Waals surface area contributed by atoms with Crippen LogP contribution in [0.2, 0.25) is 0 Å². The molecule has 0 radical (unpaired) electrons. The van der Waals surface area contributed by atoms with Crippen LogP contribution in [0.5, 0.6) is 5.75 Å². The Hall–Kier alpha value is -3.81. The summed E-state index contributed by atoms with van der Waals surface area (Å²) in [6, 6.07) is 22.1. The SMILES string of the molecule is [O-]c1c(-c2nc3c4c5c(sc4ncn3n2)C[NH+](Cc2ccccc2)CC5)ccc2ccccc12. The Morgan fingerprint density at radius 3 is 2.76 bits per heavy atom. The van der Waals surface area contributed by atoms with E-state index in [2.05, 4.69) is 35.4 Å². The molecule has 0 spiro atoms. The highest BCUT2D eigenvalue weighted by Gasteiger charge is 2.26. The molecule has 6 aromatic rings. The number of nitrogens with one attached hydrogen (secondary N) is 1. The fraction of sp³-hybridized carbons (Fsp3) is 0.148. The standard InChI is InChI=1S/C27H21N5OS/c33-24-19-9-5-4-8-18(19)10-11-21(24)25-29-26-23-20-12-13-31(14-17-6-2-1-3-7-17)15-22(20)34-27(23)28-16-32(26)30-25/h1-11,16,33H,12-15H2. The summed E-state index contributed by atoms with van der Waals surface area (Å²) in [7, 11) is 0. The van der Waals surface area contributed by atoms with E-state index < -0.39 is 0 Å². The van der Waals surface area contributed by atoms with E-state index in [4.69, 9.17) is 9.97 Å². The van der Waals surface area contributed by atoms with E-state index >= 15 is 0 Å². The monoisotopic (exact) mass is 463 g/mol. The topological polar surface area (TPSA) is 70.6 Å². The molecule has 1 aliphatic heterocycles. The molecule has 0 amide bonds. The van der Waals surface area contributed by atoms with Crippen LogP contribution in [0, 0.1) is 0 Å². The molecule has 1 aliphatic rings. The van der Waals surface area contributed by atoms with Crippen molar-refractivity contribution in [3.05, 3.63) is 89.1 Å². The van der Waals surface area contributed by atoms with Crippen LogP contribution in [0.1, 0.15) is 16.0 Å². The van der Waals surface area contributed by atoms with Gasteiger partial charge in [-0.3, -0.25) is 0 Å². The fourth-order valence-electron chi connectivity index (χ4n) is 5.09. The van der Waals surface area contributed by atoms with Crippen molar-refractivity contribution in [1.82, 2.24) is 19.6 Å². The molecule has 7 rings (SSSR count). The van der Waals surface area contributed by atoms with Crippen molar-refractivity contribution in [3.8, 4) is 17.1 Å². The van der Waals surface area contributed by atoms with E-state index in [0.717, 1.165) is 47.3 Å². The minimum absolute atomic E-state index is 0.0364. The molecule has 0 saturated carbocycles. The number of benzene rings is 3. The zero-order valence-corrected chi connectivity index (χ0v) is 19.2. The molecule has 0 fully saturated rings. The maximum Gasteiger partial charge on any atom is 0.181 e. The van der Waals surface area contributed by atoms with Gasteiger partial charge in [0.05, 0.1) is 16.8 Å². The Labute approximate surface area is 199 Å². The molecule has 0 bridgehead atoms. The first-order chi connectivity index (χ1) is 16.7. The number of quaternary nitrogens is 1. The average Bonchev–Trinajstić information content (AvgIpc) is 3.46. The molecule has 1 atom stereocenters. The first-order valence-corrected chi connectivity index (χ1v) is 12.3. The first kappa shape index (κ1) is 19.6. The number of aromatic nitrogens is 4. The molecule has 4 heterocycles. The minimum Gasteiger partial charge on any atom is -0.872 e. The lowest BCUT2D eigenvalue weighted by atomic mass is 10.0. The molecule has 0 aliphatic carbocycles. The van der Waals surface area contributed by atoms with Crippen LogP contribution >= 0.6 is 11.3 Å². The smallest absolute Gasteiger partial charge is 0.181 e. The quantitative estimate of drug-likeness (QED) is 0.437. The number of thiophene rings is 1. The van der Waals surface area contributed by atoms with Gasteiger partial charge in [-0.25, -0.2) is 14.5 Å². The van der Waals surface area contributed by atoms with E-state index in [-0.39, 0.29) is 5.75 Å². The second-order valence-electron chi connectivity index (χ2n) is 8.88. The lowest BCUT2D eigenvalue weighted by molar-refractivity contribution is -0.929. The molecule has 1 unspecified atom stereocenters. The van der Waals surface area contributed by atoms with Gasteiger partial charge in [0.2, 0.25) is 0 Å². The summed E-state index contributed by atoms with van der Waals surface area (Å²) in [5.74, 6) is 0.419. The zero-order chi connectivity index (χ0) is 22.6. The van der Waals surface area contributed by atoms with Gasteiger partial charge in [-0.2, -0.15) is 0 Å². The maximum absolute atomic E-state index is 13.1. The molecule has 34 heavy (non-hydrogen) atoms. The normalized spacial score (nSPS) is 15.8. The van der Waals surface area contributed by atoms with Crippen molar-refractivity contribution in [2.24, 2.45) is 0 Å². The number of hydrogen-bond donors (Lipinski definition) is 1. The van der Waals surface area contributed by atoms with Crippen LogP contribution in [0.4, 0.5) is 0 Å². The number of fused-ring (bicyclic) bond motifs is 6. The third-order valence-corrected chi connectivity index (χ3v) is 7.91. The van der Waals surface area contributed by atoms with E-state index in [9.17, 15) is 5.11 Å². The molecule has 0 saturated heterocycles. The van der Waals surface area contributed by atoms with E-state index in [1.54, 1.807) is 27.1 Å². The van der Waals surface area contributed by atoms with Gasteiger partial charge in [0, 0.05) is 17.5 Å². The Bertz CT molecular complexity index is 1690. The minimum atomic E-state index is -0.0364. The van der Waals surface area contributed by atoms with Crippen LogP contribution in [-0.2, 0) is 19.5 Å². The van der Waals surface area contributed by atoms with Gasteiger partial charge in [-0.15, -0.1) is 16.4 Å². The Balaban J connectivity index is 1.30.